The Morgan fingerprint density at radius 3 is 2.48 bits per heavy atom. The molecule has 2 unspecified atom stereocenters. The summed E-state index contributed by atoms with van der Waals surface area (Å²) in [6, 6.07) is 8.70. The van der Waals surface area contributed by atoms with E-state index in [1.807, 2.05) is 6.92 Å². The van der Waals surface area contributed by atoms with E-state index in [1.54, 1.807) is 86.7 Å². The van der Waals surface area contributed by atoms with E-state index in [0.29, 0.717) is 51.9 Å². The van der Waals surface area contributed by atoms with Gasteiger partial charge >= 0.3 is 5.69 Å². The Kier molecular flexibility index (Phi) is 7.37. The summed E-state index contributed by atoms with van der Waals surface area (Å²) in [6.07, 6.45) is 4.43. The number of nitrogens with one attached hydrogen (secondary N) is 2. The molecule has 0 saturated carbocycles. The predicted molar refractivity (Wildman–Crippen MR) is 157 cm³/mol. The van der Waals surface area contributed by atoms with Gasteiger partial charge in [0.05, 0.1) is 17.1 Å². The molecular weight excluding hydrogens is 530 g/mol. The number of aromatic nitrogens is 4. The van der Waals surface area contributed by atoms with Gasteiger partial charge in [-0.05, 0) is 69.2 Å². The number of anilines is 1. The van der Waals surface area contributed by atoms with Crippen molar-refractivity contribution in [1.82, 2.24) is 24.2 Å². The lowest BCUT2D eigenvalue weighted by molar-refractivity contribution is 0.269. The lowest BCUT2D eigenvalue weighted by atomic mass is 10.0. The molecule has 0 fully saturated rings. The van der Waals surface area contributed by atoms with Crippen LogP contribution in [0.2, 0.25) is 0 Å². The van der Waals surface area contributed by atoms with Crippen LogP contribution in [-0.4, -0.2) is 49.6 Å². The normalized spacial score (nSPS) is 17.4. The van der Waals surface area contributed by atoms with Gasteiger partial charge in [0, 0.05) is 61.2 Å². The number of halogens is 1. The second-order valence-corrected chi connectivity index (χ2v) is 13.9. The van der Waals surface area contributed by atoms with E-state index in [0.717, 1.165) is 17.8 Å². The molecule has 5 rings (SSSR count). The van der Waals surface area contributed by atoms with Crippen molar-refractivity contribution in [2.45, 2.75) is 52.9 Å². The molecule has 3 atom stereocenters. The third kappa shape index (κ3) is 4.44. The van der Waals surface area contributed by atoms with Gasteiger partial charge in [-0.25, -0.2) is 13.9 Å². The lowest BCUT2D eigenvalue weighted by Gasteiger charge is -2.23. The quantitative estimate of drug-likeness (QED) is 0.290. The molecule has 0 spiro atoms. The number of rotatable bonds is 7. The second kappa shape index (κ2) is 10.5. The molecule has 0 bridgehead atoms. The zero-order valence-corrected chi connectivity index (χ0v) is 24.6. The van der Waals surface area contributed by atoms with Gasteiger partial charge in [0.2, 0.25) is 0 Å². The molecule has 4 aromatic rings. The molecule has 0 aliphatic carbocycles. The molecule has 1 aliphatic rings. The molecule has 1 aliphatic heterocycles. The van der Waals surface area contributed by atoms with Crippen LogP contribution < -0.4 is 21.6 Å². The zero-order chi connectivity index (χ0) is 28.9. The lowest BCUT2D eigenvalue weighted by Crippen LogP contribution is -2.30. The Labute approximate surface area is 233 Å². The third-order valence-corrected chi connectivity index (χ3v) is 11.3. The van der Waals surface area contributed by atoms with Crippen molar-refractivity contribution in [3.63, 3.8) is 0 Å². The van der Waals surface area contributed by atoms with Crippen LogP contribution in [-0.2, 0) is 11.0 Å². The summed E-state index contributed by atoms with van der Waals surface area (Å²) in [5, 5.41) is 22.3. The van der Waals surface area contributed by atoms with Crippen LogP contribution in [0.15, 0.2) is 47.5 Å². The van der Waals surface area contributed by atoms with E-state index in [9.17, 15) is 18.9 Å². The van der Waals surface area contributed by atoms with Crippen LogP contribution in [0.25, 0.3) is 17.2 Å². The van der Waals surface area contributed by atoms with E-state index in [4.69, 9.17) is 5.10 Å². The fraction of sp³-hybridized carbons (Fsp3) is 0.379. The average molecular weight is 567 g/mol. The van der Waals surface area contributed by atoms with Gasteiger partial charge in [0.15, 0.2) is 0 Å². The van der Waals surface area contributed by atoms with Gasteiger partial charge in [0.1, 0.15) is 24.6 Å². The standard InChI is InChI=1S/C29H36FN6O3P/c1-7-40(39,20(5)37)25-9-8-21(16-24(25)31-6)34-12-13-35(29(34)38)28-26-19(4)32-11-10-23(26)33-36(28)22-14-17(2)27(30)18(3)15-22/h8-9,12-16,19-20,31-32,37H,7,10-11H2,1-6H3/t19-,20?,40?/m0/s1. The van der Waals surface area contributed by atoms with Crippen LogP contribution in [0.5, 0.6) is 0 Å². The van der Waals surface area contributed by atoms with Crippen LogP contribution >= 0.6 is 7.14 Å². The van der Waals surface area contributed by atoms with Crippen molar-refractivity contribution in [3.8, 4) is 17.2 Å². The zero-order valence-electron chi connectivity index (χ0n) is 23.7. The summed E-state index contributed by atoms with van der Waals surface area (Å²) in [4.78, 5) is 14.0. The molecular formula is C29H36FN6O3P. The highest BCUT2D eigenvalue weighted by Crippen LogP contribution is 2.49. The van der Waals surface area contributed by atoms with Crippen LogP contribution in [0, 0.1) is 19.7 Å². The number of aliphatic hydroxyl groups excluding tert-OH is 1. The summed E-state index contributed by atoms with van der Waals surface area (Å²) in [7, 11) is -1.33. The monoisotopic (exact) mass is 566 g/mol. The van der Waals surface area contributed by atoms with Crippen molar-refractivity contribution in [3.05, 3.63) is 81.4 Å². The van der Waals surface area contributed by atoms with E-state index in [2.05, 4.69) is 10.6 Å². The van der Waals surface area contributed by atoms with Gasteiger partial charge < -0.3 is 20.3 Å². The number of benzene rings is 2. The van der Waals surface area contributed by atoms with Gasteiger partial charge in [-0.2, -0.15) is 5.10 Å². The first-order valence-electron chi connectivity index (χ1n) is 13.5. The van der Waals surface area contributed by atoms with Crippen LogP contribution in [0.4, 0.5) is 10.1 Å². The van der Waals surface area contributed by atoms with E-state index in [-0.39, 0.29) is 17.5 Å². The van der Waals surface area contributed by atoms with Gasteiger partial charge in [-0.3, -0.25) is 9.13 Å². The highest BCUT2D eigenvalue weighted by atomic mass is 31.2. The summed E-state index contributed by atoms with van der Waals surface area (Å²) in [5.41, 5.74) is 4.40. The molecule has 3 N–H and O–H groups in total. The van der Waals surface area contributed by atoms with Crippen LogP contribution in [0.3, 0.4) is 0 Å². The van der Waals surface area contributed by atoms with Crippen molar-refractivity contribution in [2.24, 2.45) is 0 Å². The van der Waals surface area contributed by atoms with Gasteiger partial charge in [0.25, 0.3) is 0 Å². The Morgan fingerprint density at radius 1 is 1.18 bits per heavy atom. The Bertz CT molecular complexity index is 1680. The molecule has 40 heavy (non-hydrogen) atoms. The molecule has 11 heteroatoms. The largest absolute Gasteiger partial charge is 0.387 e. The maximum Gasteiger partial charge on any atom is 0.338 e. The fourth-order valence-corrected chi connectivity index (χ4v) is 7.82. The number of nitrogens with zero attached hydrogens (tertiary/aromatic N) is 4. The topological polar surface area (TPSA) is 106 Å². The van der Waals surface area contributed by atoms with Crippen molar-refractivity contribution in [1.29, 1.82) is 0 Å². The first kappa shape index (κ1) is 28.1. The maximum absolute atomic E-state index is 14.5. The van der Waals surface area contributed by atoms with Crippen molar-refractivity contribution in [2.75, 3.05) is 25.1 Å². The van der Waals surface area contributed by atoms with Crippen molar-refractivity contribution < 1.29 is 14.1 Å². The predicted octanol–water partition coefficient (Wildman–Crippen LogP) is 4.16. The molecule has 2 aromatic heterocycles. The number of hydrogen-bond donors (Lipinski definition) is 3. The Morgan fingerprint density at radius 2 is 1.85 bits per heavy atom. The molecule has 0 saturated heterocycles. The van der Waals surface area contributed by atoms with Gasteiger partial charge in [-0.15, -0.1) is 0 Å². The average Bonchev–Trinajstić information content (AvgIpc) is 3.51. The molecule has 212 valence electrons. The van der Waals surface area contributed by atoms with E-state index in [1.165, 1.54) is 4.57 Å². The van der Waals surface area contributed by atoms with E-state index < -0.39 is 13.0 Å². The second-order valence-electron chi connectivity index (χ2n) is 10.4. The molecule has 3 heterocycles. The minimum Gasteiger partial charge on any atom is -0.387 e. The number of imidazole rings is 1. The smallest absolute Gasteiger partial charge is 0.338 e. The van der Waals surface area contributed by atoms with Crippen LogP contribution in [0.1, 0.15) is 49.2 Å². The highest BCUT2D eigenvalue weighted by Gasteiger charge is 2.32. The van der Waals surface area contributed by atoms with Gasteiger partial charge in [-0.1, -0.05) is 6.92 Å². The summed E-state index contributed by atoms with van der Waals surface area (Å²) in [6.45, 7) is 9.61. The maximum atomic E-state index is 14.5. The minimum atomic E-state index is -3.05. The minimum absolute atomic E-state index is 0.0378. The Balaban J connectivity index is 1.69. The SMILES string of the molecule is CCP(=O)(c1ccc(-n2ccn(-c3c4c(nn3-c3cc(C)c(F)c(C)c3)CCN[C@H]4C)c2=O)cc1NC)C(C)O. The highest BCUT2D eigenvalue weighted by molar-refractivity contribution is 7.72. The summed E-state index contributed by atoms with van der Waals surface area (Å²) < 4.78 is 32.9. The molecule has 0 amide bonds. The fourth-order valence-electron chi connectivity index (χ4n) is 5.63. The first-order valence-corrected chi connectivity index (χ1v) is 15.5. The Hall–Kier alpha value is -3.46. The van der Waals surface area contributed by atoms with Crippen molar-refractivity contribution >= 4 is 18.1 Å². The number of hydrogen-bond acceptors (Lipinski definition) is 6. The molecule has 9 nitrogen and oxygen atoms in total. The third-order valence-electron chi connectivity index (χ3n) is 7.90. The number of fused-ring (bicyclic) bond motifs is 1. The molecule has 2 aromatic carbocycles. The molecule has 0 radical (unpaired) electrons. The summed E-state index contributed by atoms with van der Waals surface area (Å²) in [5.74, 6) is -0.633. The number of aryl methyl sites for hydroxylation is 2. The van der Waals surface area contributed by atoms with E-state index >= 15 is 0 Å². The first-order chi connectivity index (χ1) is 19.0. The summed E-state index contributed by atoms with van der Waals surface area (Å²) >= 11 is 0. The number of aliphatic hydroxyl groups is 1.